The van der Waals surface area contributed by atoms with Gasteiger partial charge in [-0.3, -0.25) is 4.79 Å². The van der Waals surface area contributed by atoms with Crippen LogP contribution in [0.5, 0.6) is 0 Å². The summed E-state index contributed by atoms with van der Waals surface area (Å²) in [5, 5.41) is 9.72. The summed E-state index contributed by atoms with van der Waals surface area (Å²) in [7, 11) is 0. The number of hydrogen-bond donors (Lipinski definition) is 1. The number of likely N-dealkylation sites (N-methyl/N-ethyl adjacent to an activating group) is 1. The van der Waals surface area contributed by atoms with Gasteiger partial charge in [-0.2, -0.15) is 13.2 Å². The van der Waals surface area contributed by atoms with E-state index >= 15 is 0 Å². The van der Waals surface area contributed by atoms with Crippen LogP contribution in [0, 0.1) is 0 Å². The van der Waals surface area contributed by atoms with Crippen LogP contribution in [0.2, 0.25) is 0 Å². The molecule has 0 bridgehead atoms. The second kappa shape index (κ2) is 5.83. The maximum atomic E-state index is 12.6. The summed E-state index contributed by atoms with van der Waals surface area (Å²) < 4.78 is 37.9. The molecule has 0 spiro atoms. The molecule has 0 aliphatic heterocycles. The minimum Gasteiger partial charge on any atom is -0.389 e. The molecule has 0 aromatic heterocycles. The molecular formula is C14H18F3NO2. The summed E-state index contributed by atoms with van der Waals surface area (Å²) >= 11 is 0. The van der Waals surface area contributed by atoms with Crippen molar-refractivity contribution in [3.8, 4) is 0 Å². The van der Waals surface area contributed by atoms with Gasteiger partial charge in [-0.1, -0.05) is 6.07 Å². The second-order valence-electron chi connectivity index (χ2n) is 5.21. The summed E-state index contributed by atoms with van der Waals surface area (Å²) in [6, 6.07) is 4.29. The maximum Gasteiger partial charge on any atom is 0.416 e. The zero-order valence-electron chi connectivity index (χ0n) is 11.7. The molecule has 20 heavy (non-hydrogen) atoms. The standard InChI is InChI=1S/C14H18F3NO2/c1-4-18(9-13(2,3)20)12(19)10-6-5-7-11(8-10)14(15,16)17/h5-8,20H,4,9H2,1-3H3. The molecule has 1 aromatic carbocycles. The summed E-state index contributed by atoms with van der Waals surface area (Å²) in [5.41, 5.74) is -2.00. The first-order chi connectivity index (χ1) is 9.04. The highest BCUT2D eigenvalue weighted by Gasteiger charge is 2.31. The van der Waals surface area contributed by atoms with Gasteiger partial charge in [0.05, 0.1) is 11.2 Å². The number of carbonyl (C=O) groups excluding carboxylic acids is 1. The average molecular weight is 289 g/mol. The Hall–Kier alpha value is -1.56. The molecule has 0 saturated carbocycles. The fourth-order valence-corrected chi connectivity index (χ4v) is 1.81. The Morgan fingerprint density at radius 2 is 1.90 bits per heavy atom. The van der Waals surface area contributed by atoms with Gasteiger partial charge >= 0.3 is 6.18 Å². The van der Waals surface area contributed by atoms with Gasteiger partial charge in [-0.05, 0) is 39.0 Å². The molecule has 1 N–H and O–H groups in total. The molecule has 0 atom stereocenters. The molecule has 112 valence electrons. The third kappa shape index (κ3) is 4.52. The number of carbonyl (C=O) groups is 1. The van der Waals surface area contributed by atoms with Crippen molar-refractivity contribution in [3.05, 3.63) is 35.4 Å². The van der Waals surface area contributed by atoms with Gasteiger partial charge in [0.15, 0.2) is 0 Å². The normalized spacial score (nSPS) is 12.3. The molecule has 0 fully saturated rings. The summed E-state index contributed by atoms with van der Waals surface area (Å²) in [6.07, 6.45) is -4.48. The monoisotopic (exact) mass is 289 g/mol. The quantitative estimate of drug-likeness (QED) is 0.926. The molecule has 0 saturated heterocycles. The first-order valence-electron chi connectivity index (χ1n) is 6.23. The third-order valence-corrected chi connectivity index (χ3v) is 2.68. The first-order valence-corrected chi connectivity index (χ1v) is 6.23. The van der Waals surface area contributed by atoms with Crippen LogP contribution in [-0.4, -0.2) is 34.6 Å². The summed E-state index contributed by atoms with van der Waals surface area (Å²) in [4.78, 5) is 13.5. The van der Waals surface area contributed by atoms with Crippen molar-refractivity contribution in [1.82, 2.24) is 4.90 Å². The van der Waals surface area contributed by atoms with E-state index in [2.05, 4.69) is 0 Å². The molecule has 0 aliphatic carbocycles. The van der Waals surface area contributed by atoms with E-state index < -0.39 is 23.2 Å². The number of hydrogen-bond acceptors (Lipinski definition) is 2. The molecule has 6 heteroatoms. The van der Waals surface area contributed by atoms with Crippen molar-refractivity contribution in [1.29, 1.82) is 0 Å². The molecular weight excluding hydrogens is 271 g/mol. The Bertz CT molecular complexity index is 478. The molecule has 1 aromatic rings. The lowest BCUT2D eigenvalue weighted by atomic mass is 10.1. The van der Waals surface area contributed by atoms with Gasteiger partial charge < -0.3 is 10.0 Å². The Balaban J connectivity index is 3.02. The lowest BCUT2D eigenvalue weighted by Gasteiger charge is -2.28. The minimum atomic E-state index is -4.48. The third-order valence-electron chi connectivity index (χ3n) is 2.68. The van der Waals surface area contributed by atoms with Crippen molar-refractivity contribution in [2.24, 2.45) is 0 Å². The smallest absolute Gasteiger partial charge is 0.389 e. The Morgan fingerprint density at radius 1 is 1.30 bits per heavy atom. The van der Waals surface area contributed by atoms with Gasteiger partial charge in [0, 0.05) is 18.7 Å². The van der Waals surface area contributed by atoms with Gasteiger partial charge in [-0.15, -0.1) is 0 Å². The van der Waals surface area contributed by atoms with E-state index in [9.17, 15) is 23.1 Å². The van der Waals surface area contributed by atoms with Gasteiger partial charge in [0.1, 0.15) is 0 Å². The molecule has 0 heterocycles. The first kappa shape index (κ1) is 16.5. The van der Waals surface area contributed by atoms with E-state index in [-0.39, 0.29) is 12.1 Å². The van der Waals surface area contributed by atoms with Crippen LogP contribution in [0.4, 0.5) is 13.2 Å². The highest BCUT2D eigenvalue weighted by molar-refractivity contribution is 5.94. The van der Waals surface area contributed by atoms with Gasteiger partial charge in [0.2, 0.25) is 0 Å². The molecule has 0 radical (unpaired) electrons. The number of alkyl halides is 3. The topological polar surface area (TPSA) is 40.5 Å². The van der Waals surface area contributed by atoms with E-state index in [1.165, 1.54) is 30.9 Å². The van der Waals surface area contributed by atoms with Crippen molar-refractivity contribution >= 4 is 5.91 Å². The highest BCUT2D eigenvalue weighted by atomic mass is 19.4. The van der Waals surface area contributed by atoms with Crippen molar-refractivity contribution in [3.63, 3.8) is 0 Å². The van der Waals surface area contributed by atoms with Crippen molar-refractivity contribution < 1.29 is 23.1 Å². The van der Waals surface area contributed by atoms with Crippen LogP contribution in [0.15, 0.2) is 24.3 Å². The number of aliphatic hydroxyl groups is 1. The number of benzene rings is 1. The number of nitrogens with zero attached hydrogens (tertiary/aromatic N) is 1. The van der Waals surface area contributed by atoms with Crippen molar-refractivity contribution in [2.45, 2.75) is 32.5 Å². The van der Waals surface area contributed by atoms with Crippen molar-refractivity contribution in [2.75, 3.05) is 13.1 Å². The predicted molar refractivity (Wildman–Crippen MR) is 69.3 cm³/mol. The Labute approximate surface area is 116 Å². The van der Waals surface area contributed by atoms with E-state index in [0.717, 1.165) is 12.1 Å². The second-order valence-corrected chi connectivity index (χ2v) is 5.21. The van der Waals surface area contributed by atoms with Crippen LogP contribution < -0.4 is 0 Å². The van der Waals surface area contributed by atoms with E-state index in [0.29, 0.717) is 6.54 Å². The van der Waals surface area contributed by atoms with E-state index in [1.54, 1.807) is 6.92 Å². The fraction of sp³-hybridized carbons (Fsp3) is 0.500. The van der Waals surface area contributed by atoms with Gasteiger partial charge in [-0.25, -0.2) is 0 Å². The number of halogens is 3. The number of rotatable bonds is 4. The van der Waals surface area contributed by atoms with Crippen LogP contribution in [-0.2, 0) is 6.18 Å². The summed E-state index contributed by atoms with van der Waals surface area (Å²) in [6.45, 7) is 5.14. The van der Waals surface area contributed by atoms with Crippen LogP contribution in [0.1, 0.15) is 36.7 Å². The SMILES string of the molecule is CCN(CC(C)(C)O)C(=O)c1cccc(C(F)(F)F)c1. The molecule has 3 nitrogen and oxygen atoms in total. The van der Waals surface area contributed by atoms with E-state index in [1.807, 2.05) is 0 Å². The van der Waals surface area contributed by atoms with Crippen LogP contribution in [0.25, 0.3) is 0 Å². The summed E-state index contributed by atoms with van der Waals surface area (Å²) in [5.74, 6) is -0.527. The van der Waals surface area contributed by atoms with Crippen LogP contribution >= 0.6 is 0 Å². The Kier molecular flexibility index (Phi) is 4.81. The molecule has 1 amide bonds. The zero-order chi connectivity index (χ0) is 15.6. The molecule has 0 unspecified atom stereocenters. The number of amides is 1. The average Bonchev–Trinajstić information content (AvgIpc) is 2.33. The largest absolute Gasteiger partial charge is 0.416 e. The fourth-order valence-electron chi connectivity index (χ4n) is 1.81. The van der Waals surface area contributed by atoms with Gasteiger partial charge in [0.25, 0.3) is 5.91 Å². The molecule has 1 rings (SSSR count). The minimum absolute atomic E-state index is 0.0362. The van der Waals surface area contributed by atoms with E-state index in [4.69, 9.17) is 0 Å². The zero-order valence-corrected chi connectivity index (χ0v) is 11.7. The highest BCUT2D eigenvalue weighted by Crippen LogP contribution is 2.29. The predicted octanol–water partition coefficient (Wildman–Crippen LogP) is 2.94. The van der Waals surface area contributed by atoms with Crippen LogP contribution in [0.3, 0.4) is 0 Å². The lowest BCUT2D eigenvalue weighted by Crippen LogP contribution is -2.42. The molecule has 0 aliphatic rings. The lowest BCUT2D eigenvalue weighted by molar-refractivity contribution is -0.137. The maximum absolute atomic E-state index is 12.6. The Morgan fingerprint density at radius 3 is 2.35 bits per heavy atom.